The molecular weight excluding hydrogens is 419 g/mol. The number of benzene rings is 3. The number of rotatable bonds is 6. The van der Waals surface area contributed by atoms with Crippen molar-refractivity contribution in [1.82, 2.24) is 4.98 Å². The first kappa shape index (κ1) is 20.6. The van der Waals surface area contributed by atoms with Crippen LogP contribution in [0.1, 0.15) is 5.56 Å². The van der Waals surface area contributed by atoms with E-state index in [1.54, 1.807) is 43.5 Å². The van der Waals surface area contributed by atoms with E-state index in [9.17, 15) is 12.8 Å². The second-order valence-electron chi connectivity index (χ2n) is 6.83. The maximum absolute atomic E-state index is 13.3. The molecule has 6 nitrogen and oxygen atoms in total. The van der Waals surface area contributed by atoms with Crippen LogP contribution in [0.2, 0.25) is 0 Å². The lowest BCUT2D eigenvalue weighted by molar-refractivity contribution is 0.415. The summed E-state index contributed by atoms with van der Waals surface area (Å²) in [6.07, 6.45) is 0. The van der Waals surface area contributed by atoms with Crippen molar-refractivity contribution in [1.29, 1.82) is 0 Å². The van der Waals surface area contributed by atoms with Crippen LogP contribution < -0.4 is 10.1 Å². The third-order valence-corrected chi connectivity index (χ3v) is 6.30. The first-order valence-corrected chi connectivity index (χ1v) is 10.8. The maximum atomic E-state index is 13.3. The summed E-state index contributed by atoms with van der Waals surface area (Å²) in [5, 5.41) is 2.72. The second-order valence-corrected chi connectivity index (χ2v) is 8.70. The Morgan fingerprint density at radius 1 is 0.935 bits per heavy atom. The molecule has 0 saturated heterocycles. The SMILES string of the molecule is COc1ccc(Nc2oc(-c3ccc(F)cc3)nc2S(=O)(=O)c2ccc(C)cc2)cc1. The maximum Gasteiger partial charge on any atom is 0.238 e. The molecule has 0 unspecified atom stereocenters. The smallest absolute Gasteiger partial charge is 0.238 e. The Kier molecular flexibility index (Phi) is 5.48. The molecule has 0 amide bonds. The first-order chi connectivity index (χ1) is 14.9. The van der Waals surface area contributed by atoms with E-state index in [1.165, 1.54) is 36.4 Å². The lowest BCUT2D eigenvalue weighted by Crippen LogP contribution is -2.05. The predicted octanol–water partition coefficient (Wildman–Crippen LogP) is 5.37. The van der Waals surface area contributed by atoms with Gasteiger partial charge in [-0.3, -0.25) is 0 Å². The van der Waals surface area contributed by atoms with Gasteiger partial charge in [0, 0.05) is 11.3 Å². The molecule has 0 spiro atoms. The minimum Gasteiger partial charge on any atom is -0.497 e. The van der Waals surface area contributed by atoms with E-state index in [2.05, 4.69) is 10.3 Å². The van der Waals surface area contributed by atoms with Crippen LogP contribution in [0.4, 0.5) is 16.0 Å². The average molecular weight is 438 g/mol. The quantitative estimate of drug-likeness (QED) is 0.436. The summed E-state index contributed by atoms with van der Waals surface area (Å²) in [7, 11) is -2.43. The molecule has 1 heterocycles. The lowest BCUT2D eigenvalue weighted by atomic mass is 10.2. The normalized spacial score (nSPS) is 11.3. The van der Waals surface area contributed by atoms with Crippen LogP contribution in [-0.2, 0) is 9.84 Å². The summed E-state index contributed by atoms with van der Waals surface area (Å²) >= 11 is 0. The van der Waals surface area contributed by atoms with Gasteiger partial charge >= 0.3 is 0 Å². The number of nitrogens with zero attached hydrogens (tertiary/aromatic N) is 1. The molecule has 0 aliphatic rings. The Morgan fingerprint density at radius 3 is 2.19 bits per heavy atom. The summed E-state index contributed by atoms with van der Waals surface area (Å²) in [6.45, 7) is 1.87. The highest BCUT2D eigenvalue weighted by atomic mass is 32.2. The third-order valence-electron chi connectivity index (χ3n) is 4.62. The molecule has 0 saturated carbocycles. The average Bonchev–Trinajstić information content (AvgIpc) is 3.20. The summed E-state index contributed by atoms with van der Waals surface area (Å²) in [6, 6.07) is 18.8. The Labute approximate surface area is 179 Å². The molecule has 4 rings (SSSR count). The summed E-state index contributed by atoms with van der Waals surface area (Å²) in [5.74, 6) is 0.258. The minimum absolute atomic E-state index is 0.0370. The number of sulfone groups is 1. The van der Waals surface area contributed by atoms with Gasteiger partial charge in [-0.2, -0.15) is 4.98 Å². The highest BCUT2D eigenvalue weighted by Gasteiger charge is 2.28. The van der Waals surface area contributed by atoms with Crippen LogP contribution in [0.15, 0.2) is 87.1 Å². The first-order valence-electron chi connectivity index (χ1n) is 9.36. The van der Waals surface area contributed by atoms with Crippen molar-refractivity contribution in [2.45, 2.75) is 16.8 Å². The Bertz CT molecular complexity index is 1300. The molecule has 8 heteroatoms. The number of nitrogens with one attached hydrogen (secondary N) is 1. The van der Waals surface area contributed by atoms with Gasteiger partial charge in [-0.05, 0) is 67.6 Å². The number of anilines is 2. The van der Waals surface area contributed by atoms with Gasteiger partial charge in [-0.1, -0.05) is 17.7 Å². The van der Waals surface area contributed by atoms with Gasteiger partial charge in [0.25, 0.3) is 0 Å². The molecule has 0 bridgehead atoms. The fourth-order valence-electron chi connectivity index (χ4n) is 2.92. The predicted molar refractivity (Wildman–Crippen MR) is 115 cm³/mol. The van der Waals surface area contributed by atoms with Crippen molar-refractivity contribution in [2.75, 3.05) is 12.4 Å². The zero-order chi connectivity index (χ0) is 22.0. The number of aromatic nitrogens is 1. The van der Waals surface area contributed by atoms with Crippen LogP contribution >= 0.6 is 0 Å². The number of ether oxygens (including phenoxy) is 1. The zero-order valence-electron chi connectivity index (χ0n) is 16.8. The van der Waals surface area contributed by atoms with E-state index in [1.807, 2.05) is 6.92 Å². The number of oxazole rings is 1. The van der Waals surface area contributed by atoms with Gasteiger partial charge in [0.2, 0.25) is 26.6 Å². The van der Waals surface area contributed by atoms with Crippen LogP contribution in [0, 0.1) is 12.7 Å². The largest absolute Gasteiger partial charge is 0.497 e. The van der Waals surface area contributed by atoms with E-state index in [4.69, 9.17) is 9.15 Å². The Hall–Kier alpha value is -3.65. The van der Waals surface area contributed by atoms with E-state index in [0.717, 1.165) is 5.56 Å². The van der Waals surface area contributed by atoms with Crippen molar-refractivity contribution in [3.05, 3.63) is 84.2 Å². The zero-order valence-corrected chi connectivity index (χ0v) is 17.6. The molecule has 0 atom stereocenters. The molecule has 0 fully saturated rings. The highest BCUT2D eigenvalue weighted by molar-refractivity contribution is 7.91. The van der Waals surface area contributed by atoms with Gasteiger partial charge in [0.1, 0.15) is 11.6 Å². The van der Waals surface area contributed by atoms with Gasteiger partial charge in [0.15, 0.2) is 0 Å². The monoisotopic (exact) mass is 438 g/mol. The fraction of sp³-hybridized carbons (Fsp3) is 0.0870. The molecule has 0 aliphatic carbocycles. The van der Waals surface area contributed by atoms with Crippen LogP contribution in [-0.4, -0.2) is 20.5 Å². The van der Waals surface area contributed by atoms with Gasteiger partial charge in [0.05, 0.1) is 12.0 Å². The molecule has 1 N–H and O–H groups in total. The van der Waals surface area contributed by atoms with Crippen molar-refractivity contribution in [2.24, 2.45) is 0 Å². The fourth-order valence-corrected chi connectivity index (χ4v) is 4.18. The Morgan fingerprint density at radius 2 is 1.58 bits per heavy atom. The van der Waals surface area contributed by atoms with E-state index in [-0.39, 0.29) is 21.7 Å². The van der Waals surface area contributed by atoms with Gasteiger partial charge < -0.3 is 14.5 Å². The van der Waals surface area contributed by atoms with Crippen molar-refractivity contribution < 1.29 is 22.0 Å². The standard InChI is InChI=1S/C23H19FN2O4S/c1-15-3-13-20(14-4-15)31(27,28)23-22(25-18-9-11-19(29-2)12-10-18)30-21(26-23)16-5-7-17(24)8-6-16/h3-14,25H,1-2H3. The van der Waals surface area contributed by atoms with Crippen molar-refractivity contribution in [3.63, 3.8) is 0 Å². The van der Waals surface area contributed by atoms with E-state index >= 15 is 0 Å². The number of halogens is 1. The number of methoxy groups -OCH3 is 1. The van der Waals surface area contributed by atoms with E-state index < -0.39 is 15.7 Å². The van der Waals surface area contributed by atoms with Crippen LogP contribution in [0.5, 0.6) is 5.75 Å². The number of aryl methyl sites for hydroxylation is 1. The molecule has 31 heavy (non-hydrogen) atoms. The highest BCUT2D eigenvalue weighted by Crippen LogP contribution is 2.34. The Balaban J connectivity index is 1.81. The lowest BCUT2D eigenvalue weighted by Gasteiger charge is -2.07. The molecule has 4 aromatic rings. The second kappa shape index (κ2) is 8.23. The summed E-state index contributed by atoms with van der Waals surface area (Å²) < 4.78 is 50.9. The molecule has 0 aliphatic heterocycles. The number of hydrogen-bond acceptors (Lipinski definition) is 6. The van der Waals surface area contributed by atoms with Crippen LogP contribution in [0.3, 0.4) is 0 Å². The molecular formula is C23H19FN2O4S. The van der Waals surface area contributed by atoms with Crippen molar-refractivity contribution in [3.8, 4) is 17.2 Å². The molecule has 1 aromatic heterocycles. The van der Waals surface area contributed by atoms with Crippen LogP contribution in [0.25, 0.3) is 11.5 Å². The molecule has 0 radical (unpaired) electrons. The topological polar surface area (TPSA) is 81.4 Å². The summed E-state index contributed by atoms with van der Waals surface area (Å²) in [5.41, 5.74) is 1.97. The van der Waals surface area contributed by atoms with Gasteiger partial charge in [-0.15, -0.1) is 0 Å². The number of hydrogen-bond donors (Lipinski definition) is 1. The molecule has 3 aromatic carbocycles. The summed E-state index contributed by atoms with van der Waals surface area (Å²) in [4.78, 5) is 4.34. The van der Waals surface area contributed by atoms with Gasteiger partial charge in [-0.25, -0.2) is 12.8 Å². The van der Waals surface area contributed by atoms with E-state index in [0.29, 0.717) is 17.0 Å². The third kappa shape index (κ3) is 4.29. The van der Waals surface area contributed by atoms with Crippen molar-refractivity contribution >= 4 is 21.4 Å². The molecule has 158 valence electrons. The minimum atomic E-state index is -3.98.